The Balaban J connectivity index is 5.58. The second-order valence-electron chi connectivity index (χ2n) is 8.39. The van der Waals surface area contributed by atoms with Crippen LogP contribution >= 0.6 is 0 Å². The maximum atomic E-state index is 13.0. The minimum absolute atomic E-state index is 0.0588. The number of amides is 3. The molecule has 0 radical (unpaired) electrons. The fraction of sp³-hybridized carbons (Fsp3) is 0.667. The highest BCUT2D eigenvalue weighted by molar-refractivity contribution is 5.94. The smallest absolute Gasteiger partial charge is 0.326 e. The number of carbonyl (C=O) groups is 6. The number of nitrogens with one attached hydrogen (secondary N) is 3. The quantitative estimate of drug-likeness (QED) is 0.0401. The third-order valence-corrected chi connectivity index (χ3v) is 5.15. The number of carboxylic acids is 3. The number of guanidine groups is 1. The van der Waals surface area contributed by atoms with Crippen LogP contribution in [-0.4, -0.2) is 94.2 Å². The highest BCUT2D eigenvalue weighted by Crippen LogP contribution is 2.07. The predicted molar refractivity (Wildman–Crippen MR) is 133 cm³/mol. The molecule has 0 aromatic rings. The second-order valence-corrected chi connectivity index (χ2v) is 8.39. The highest BCUT2D eigenvalue weighted by atomic mass is 16.4. The van der Waals surface area contributed by atoms with Crippen LogP contribution in [0.1, 0.15) is 51.4 Å². The van der Waals surface area contributed by atoms with E-state index in [1.54, 1.807) is 0 Å². The Hall–Kier alpha value is -3.99. The van der Waals surface area contributed by atoms with Crippen molar-refractivity contribution < 1.29 is 44.1 Å². The summed E-state index contributed by atoms with van der Waals surface area (Å²) in [7, 11) is 0. The largest absolute Gasteiger partial charge is 0.481 e. The van der Waals surface area contributed by atoms with Gasteiger partial charge in [-0.1, -0.05) is 0 Å². The maximum Gasteiger partial charge on any atom is 0.326 e. The molecule has 4 atom stereocenters. The van der Waals surface area contributed by atoms with Gasteiger partial charge in [0.15, 0.2) is 5.96 Å². The molecule has 0 fully saturated rings. The van der Waals surface area contributed by atoms with E-state index in [0.29, 0.717) is 19.4 Å². The zero-order valence-corrected chi connectivity index (χ0v) is 20.9. The first-order valence-electron chi connectivity index (χ1n) is 11.9. The number of unbranched alkanes of at least 4 members (excludes halogenated alkanes) is 1. The number of carboxylic acid groups (broad SMARTS) is 3. The van der Waals surface area contributed by atoms with Gasteiger partial charge in [-0.3, -0.25) is 29.0 Å². The van der Waals surface area contributed by atoms with Gasteiger partial charge in [0.05, 0.1) is 12.5 Å². The van der Waals surface area contributed by atoms with Crippen molar-refractivity contribution in [2.24, 2.45) is 27.9 Å². The number of nitrogens with two attached hydrogens (primary N) is 4. The van der Waals surface area contributed by atoms with E-state index in [1.165, 1.54) is 0 Å². The minimum atomic E-state index is -1.46. The molecule has 0 heterocycles. The predicted octanol–water partition coefficient (Wildman–Crippen LogP) is -3.63. The van der Waals surface area contributed by atoms with Crippen molar-refractivity contribution in [1.82, 2.24) is 16.0 Å². The molecule has 3 amide bonds. The monoisotopic (exact) mass is 546 g/mol. The lowest BCUT2D eigenvalue weighted by Gasteiger charge is -2.25. The van der Waals surface area contributed by atoms with Crippen molar-refractivity contribution in [1.29, 1.82) is 0 Å². The van der Waals surface area contributed by atoms with Crippen LogP contribution in [0.15, 0.2) is 4.99 Å². The molecule has 0 aromatic heterocycles. The molecule has 17 heteroatoms. The summed E-state index contributed by atoms with van der Waals surface area (Å²) in [5.74, 6) is -6.89. The standard InChI is InChI=1S/C21H38N8O9/c22-8-2-1-4-12(27-17(34)11(23)10-16(32)33)18(35)28-13(6-7-15(30)31)19(36)29-14(20(37)38)5-3-9-26-21(24)25/h11-14H,1-10,22-23H2,(H,27,34)(H,28,35)(H,29,36)(H,30,31)(H,32,33)(H,37,38)(H4,24,25,26). The average Bonchev–Trinajstić information content (AvgIpc) is 2.81. The number of hydrogen-bond acceptors (Lipinski definition) is 9. The van der Waals surface area contributed by atoms with Gasteiger partial charge in [0.25, 0.3) is 0 Å². The Kier molecular flexibility index (Phi) is 16.4. The summed E-state index contributed by atoms with van der Waals surface area (Å²) in [6, 6.07) is -5.53. The molecule has 38 heavy (non-hydrogen) atoms. The van der Waals surface area contributed by atoms with Crippen LogP contribution in [-0.2, 0) is 28.8 Å². The molecule has 0 rings (SSSR count). The molecule has 0 aliphatic carbocycles. The Morgan fingerprint density at radius 1 is 0.711 bits per heavy atom. The first-order chi connectivity index (χ1) is 17.8. The summed E-state index contributed by atoms with van der Waals surface area (Å²) in [5, 5.41) is 34.3. The van der Waals surface area contributed by atoms with Crippen molar-refractivity contribution in [3.8, 4) is 0 Å². The van der Waals surface area contributed by atoms with E-state index < -0.39 is 72.6 Å². The fourth-order valence-corrected chi connectivity index (χ4v) is 3.16. The normalized spacial score (nSPS) is 13.7. The van der Waals surface area contributed by atoms with Gasteiger partial charge >= 0.3 is 17.9 Å². The molecule has 14 N–H and O–H groups in total. The van der Waals surface area contributed by atoms with Gasteiger partial charge in [-0.25, -0.2) is 4.79 Å². The third kappa shape index (κ3) is 15.2. The number of carbonyl (C=O) groups excluding carboxylic acids is 3. The van der Waals surface area contributed by atoms with E-state index >= 15 is 0 Å². The zero-order chi connectivity index (χ0) is 29.3. The summed E-state index contributed by atoms with van der Waals surface area (Å²) < 4.78 is 0. The van der Waals surface area contributed by atoms with E-state index in [2.05, 4.69) is 20.9 Å². The Morgan fingerprint density at radius 3 is 1.74 bits per heavy atom. The van der Waals surface area contributed by atoms with Crippen LogP contribution in [0.4, 0.5) is 0 Å². The molecule has 216 valence electrons. The van der Waals surface area contributed by atoms with Crippen molar-refractivity contribution in [3.63, 3.8) is 0 Å². The van der Waals surface area contributed by atoms with Gasteiger partial charge in [0, 0.05) is 13.0 Å². The van der Waals surface area contributed by atoms with Crippen LogP contribution in [0.3, 0.4) is 0 Å². The summed E-state index contributed by atoms with van der Waals surface area (Å²) >= 11 is 0. The van der Waals surface area contributed by atoms with E-state index in [-0.39, 0.29) is 38.2 Å². The molecule has 0 aliphatic rings. The number of hydrogen-bond donors (Lipinski definition) is 10. The first kappa shape index (κ1) is 34.0. The van der Waals surface area contributed by atoms with Crippen molar-refractivity contribution in [2.45, 2.75) is 75.5 Å². The van der Waals surface area contributed by atoms with Crippen LogP contribution in [0.25, 0.3) is 0 Å². The van der Waals surface area contributed by atoms with Crippen LogP contribution in [0, 0.1) is 0 Å². The SMILES string of the molecule is NCCCCC(NC(=O)C(N)CC(=O)O)C(=O)NC(CCC(=O)O)C(=O)NC(CCCN=C(N)N)C(=O)O. The van der Waals surface area contributed by atoms with Gasteiger partial charge < -0.3 is 54.2 Å². The molecule has 0 aliphatic heterocycles. The minimum Gasteiger partial charge on any atom is -0.481 e. The topological polar surface area (TPSA) is 316 Å². The van der Waals surface area contributed by atoms with E-state index in [9.17, 15) is 33.9 Å². The summed E-state index contributed by atoms with van der Waals surface area (Å²) in [5.41, 5.74) is 21.4. The lowest BCUT2D eigenvalue weighted by Crippen LogP contribution is -2.57. The molecule has 0 saturated heterocycles. The average molecular weight is 547 g/mol. The van der Waals surface area contributed by atoms with Crippen LogP contribution < -0.4 is 38.9 Å². The molecule has 0 saturated carbocycles. The van der Waals surface area contributed by atoms with Crippen molar-refractivity contribution in [3.05, 3.63) is 0 Å². The lowest BCUT2D eigenvalue weighted by molar-refractivity contribution is -0.143. The van der Waals surface area contributed by atoms with Gasteiger partial charge in [0.2, 0.25) is 17.7 Å². The number of aliphatic carboxylic acids is 3. The van der Waals surface area contributed by atoms with Gasteiger partial charge in [-0.2, -0.15) is 0 Å². The van der Waals surface area contributed by atoms with Gasteiger partial charge in [-0.05, 0) is 45.1 Å². The Bertz CT molecular complexity index is 864. The van der Waals surface area contributed by atoms with E-state index in [4.69, 9.17) is 33.1 Å². The van der Waals surface area contributed by atoms with Crippen LogP contribution in [0.5, 0.6) is 0 Å². The molecule has 4 unspecified atom stereocenters. The summed E-state index contributed by atoms with van der Waals surface area (Å²) in [4.78, 5) is 75.4. The van der Waals surface area contributed by atoms with E-state index in [1.807, 2.05) is 0 Å². The third-order valence-electron chi connectivity index (χ3n) is 5.15. The Labute approximate surface area is 218 Å². The number of nitrogens with zero attached hydrogens (tertiary/aromatic N) is 1. The molecular weight excluding hydrogens is 508 g/mol. The van der Waals surface area contributed by atoms with Crippen molar-refractivity contribution >= 4 is 41.6 Å². The maximum absolute atomic E-state index is 13.0. The lowest BCUT2D eigenvalue weighted by atomic mass is 10.0. The molecule has 0 bridgehead atoms. The van der Waals surface area contributed by atoms with E-state index in [0.717, 1.165) is 0 Å². The number of rotatable bonds is 20. The molecule has 0 spiro atoms. The van der Waals surface area contributed by atoms with Crippen LogP contribution in [0.2, 0.25) is 0 Å². The number of aliphatic imine (C=N–C) groups is 1. The summed E-state index contributed by atoms with van der Waals surface area (Å²) in [6.07, 6.45) is -0.528. The molecule has 17 nitrogen and oxygen atoms in total. The first-order valence-corrected chi connectivity index (χ1v) is 11.9. The van der Waals surface area contributed by atoms with Gasteiger partial charge in [-0.15, -0.1) is 0 Å². The zero-order valence-electron chi connectivity index (χ0n) is 20.9. The molecular formula is C21H38N8O9. The van der Waals surface area contributed by atoms with Gasteiger partial charge in [0.1, 0.15) is 18.1 Å². The Morgan fingerprint density at radius 2 is 1.24 bits per heavy atom. The fourth-order valence-electron chi connectivity index (χ4n) is 3.16. The molecule has 0 aromatic carbocycles. The summed E-state index contributed by atoms with van der Waals surface area (Å²) in [6.45, 7) is 0.402. The second kappa shape index (κ2) is 18.3. The van der Waals surface area contributed by atoms with Crippen molar-refractivity contribution in [2.75, 3.05) is 13.1 Å². The highest BCUT2D eigenvalue weighted by Gasteiger charge is 2.30.